The molecule has 0 aromatic heterocycles. The number of allylic oxidation sites excluding steroid dienone is 6. The van der Waals surface area contributed by atoms with E-state index in [2.05, 4.69) is 6.92 Å². The number of methoxy groups -OCH3 is 3. The Balaban J connectivity index is 1.70. The van der Waals surface area contributed by atoms with E-state index in [1.165, 1.54) is 7.11 Å². The molecule has 11 unspecified atom stereocenters. The van der Waals surface area contributed by atoms with Gasteiger partial charge in [-0.3, -0.25) is 28.8 Å². The number of hydrogen-bond acceptors (Lipinski definition) is 14. The van der Waals surface area contributed by atoms with Crippen LogP contribution < -0.4 is 0 Å². The molecule has 3 fully saturated rings. The van der Waals surface area contributed by atoms with Gasteiger partial charge in [-0.25, -0.2) is 5.06 Å². The normalized spacial score (nSPS) is 36.7. The summed E-state index contributed by atoms with van der Waals surface area (Å²) in [6.07, 6.45) is 11.7. The summed E-state index contributed by atoms with van der Waals surface area (Å²) in [5.74, 6) is -6.50. The average molecular weight is 958 g/mol. The molecule has 2 aliphatic carbocycles. The summed E-state index contributed by atoms with van der Waals surface area (Å²) in [7, 11) is 4.72. The minimum absolute atomic E-state index is 0.0267. The molecule has 2 heterocycles. The van der Waals surface area contributed by atoms with Gasteiger partial charge in [0.1, 0.15) is 18.0 Å². The van der Waals surface area contributed by atoms with E-state index in [-0.39, 0.29) is 98.9 Å². The number of fused-ring (bicyclic) bond motifs is 3. The third kappa shape index (κ3) is 15.3. The van der Waals surface area contributed by atoms with E-state index in [0.717, 1.165) is 22.6 Å². The van der Waals surface area contributed by atoms with Crippen LogP contribution in [0.1, 0.15) is 132 Å². The fourth-order valence-corrected chi connectivity index (χ4v) is 10.6. The van der Waals surface area contributed by atoms with Gasteiger partial charge in [-0.05, 0) is 108 Å². The van der Waals surface area contributed by atoms with Crippen LogP contribution in [0.5, 0.6) is 0 Å². The Bertz CT molecular complexity index is 1810. The number of ether oxygens (including phenoxy) is 5. The Morgan fingerprint density at radius 1 is 0.838 bits per heavy atom. The van der Waals surface area contributed by atoms with Gasteiger partial charge in [-0.2, -0.15) is 0 Å². The lowest BCUT2D eigenvalue weighted by Gasteiger charge is -2.43. The summed E-state index contributed by atoms with van der Waals surface area (Å²) in [6.45, 7) is 13.2. The Morgan fingerprint density at radius 2 is 1.56 bits per heavy atom. The smallest absolute Gasteiger partial charge is 0.317 e. The van der Waals surface area contributed by atoms with Crippen molar-refractivity contribution >= 4 is 29.2 Å². The predicted octanol–water partition coefficient (Wildman–Crippen LogP) is 6.54. The van der Waals surface area contributed by atoms with E-state index in [0.29, 0.717) is 44.9 Å². The second-order valence-electron chi connectivity index (χ2n) is 20.3. The van der Waals surface area contributed by atoms with Crippen molar-refractivity contribution in [1.82, 2.24) is 5.06 Å². The van der Waals surface area contributed by atoms with Gasteiger partial charge >= 0.3 is 11.9 Å². The van der Waals surface area contributed by atoms with E-state index in [9.17, 15) is 39.3 Å². The van der Waals surface area contributed by atoms with Gasteiger partial charge in [0, 0.05) is 52.4 Å². The number of aliphatic hydroxyl groups is 3. The third-order valence-corrected chi connectivity index (χ3v) is 14.9. The molecule has 15 heteroatoms. The first-order chi connectivity index (χ1) is 32.3. The lowest BCUT2D eigenvalue weighted by molar-refractivity contribution is -0.245. The zero-order valence-corrected chi connectivity index (χ0v) is 42.4. The highest BCUT2D eigenvalue weighted by Crippen LogP contribution is 2.40. The average Bonchev–Trinajstić information content (AvgIpc) is 3.31. The van der Waals surface area contributed by atoms with Crippen LogP contribution in [0.15, 0.2) is 47.6 Å². The van der Waals surface area contributed by atoms with Crippen LogP contribution >= 0.6 is 0 Å². The number of nitrogens with zero attached hydrogens (tertiary/aromatic N) is 1. The van der Waals surface area contributed by atoms with Crippen molar-refractivity contribution in [1.29, 1.82) is 0 Å². The first-order valence-corrected chi connectivity index (χ1v) is 25.0. The predicted molar refractivity (Wildman–Crippen MR) is 256 cm³/mol. The number of Topliss-reactive ketones (excluding diaryl/α,β-unsaturated/α-hetero) is 3. The van der Waals surface area contributed by atoms with Crippen LogP contribution in [-0.2, 0) is 52.5 Å². The van der Waals surface area contributed by atoms with Crippen LogP contribution in [0.25, 0.3) is 0 Å². The second kappa shape index (κ2) is 27.3. The summed E-state index contributed by atoms with van der Waals surface area (Å²) in [4.78, 5) is 77.2. The number of cyclic esters (lactones) is 1. The first kappa shape index (κ1) is 57.2. The number of amides is 1. The molecule has 2 bridgehead atoms. The molecule has 15 nitrogen and oxygen atoms in total. The number of hydroxylamine groups is 2. The molecule has 0 aromatic carbocycles. The number of carbonyl (C=O) groups is 5. The topological polar surface area (TPSA) is 205 Å². The fraction of sp³-hybridized carbons (Fsp3) is 0.755. The van der Waals surface area contributed by atoms with Crippen molar-refractivity contribution in [3.05, 3.63) is 47.6 Å². The molecule has 4 rings (SSSR count). The van der Waals surface area contributed by atoms with E-state index < -0.39 is 65.6 Å². The highest BCUT2D eigenvalue weighted by atomic mass is 16.7. The summed E-state index contributed by atoms with van der Waals surface area (Å²) < 4.78 is 29.4. The highest BCUT2D eigenvalue weighted by Gasteiger charge is 2.59. The monoisotopic (exact) mass is 958 g/mol. The Hall–Kier alpha value is -3.41. The van der Waals surface area contributed by atoms with Gasteiger partial charge in [0.2, 0.25) is 0 Å². The molecule has 0 aromatic rings. The van der Waals surface area contributed by atoms with Crippen molar-refractivity contribution in [3.8, 4) is 0 Å². The molecule has 0 spiro atoms. The number of rotatable bonds is 9. The van der Waals surface area contributed by atoms with Crippen molar-refractivity contribution < 1.29 is 67.8 Å². The summed E-state index contributed by atoms with van der Waals surface area (Å²) in [5.41, 5.74) is -1.14. The maximum absolute atomic E-state index is 14.5. The van der Waals surface area contributed by atoms with Gasteiger partial charge in [-0.1, -0.05) is 69.7 Å². The van der Waals surface area contributed by atoms with Crippen molar-refractivity contribution in [2.45, 2.75) is 186 Å². The van der Waals surface area contributed by atoms with Crippen molar-refractivity contribution in [3.63, 3.8) is 0 Å². The quantitative estimate of drug-likeness (QED) is 0.128. The van der Waals surface area contributed by atoms with Crippen LogP contribution in [0.2, 0.25) is 0 Å². The molecule has 15 atom stereocenters. The molecular formula is C53H83NO14. The minimum Gasteiger partial charge on any atom is -0.461 e. The first-order valence-electron chi connectivity index (χ1n) is 25.0. The molecule has 4 aliphatic rings. The second-order valence-corrected chi connectivity index (χ2v) is 20.3. The van der Waals surface area contributed by atoms with E-state index >= 15 is 0 Å². The Kier molecular flexibility index (Phi) is 22.9. The van der Waals surface area contributed by atoms with Gasteiger partial charge in [0.15, 0.2) is 11.4 Å². The Labute approximate surface area is 405 Å². The number of ketones is 3. The number of esters is 1. The van der Waals surface area contributed by atoms with Gasteiger partial charge in [0.25, 0.3) is 5.78 Å². The molecule has 2 aliphatic heterocycles. The molecule has 68 heavy (non-hydrogen) atoms. The summed E-state index contributed by atoms with van der Waals surface area (Å²) >= 11 is 0. The van der Waals surface area contributed by atoms with Crippen LogP contribution in [0.3, 0.4) is 0 Å². The van der Waals surface area contributed by atoms with Crippen molar-refractivity contribution in [2.75, 3.05) is 34.5 Å². The lowest BCUT2D eigenvalue weighted by Crippen LogP contribution is -2.64. The zero-order chi connectivity index (χ0) is 50.3. The number of carbonyl (C=O) groups excluding carboxylic acids is 5. The molecule has 1 amide bonds. The van der Waals surface area contributed by atoms with Gasteiger partial charge < -0.3 is 39.0 Å². The fourth-order valence-electron chi connectivity index (χ4n) is 10.6. The lowest BCUT2D eigenvalue weighted by atomic mass is 9.70. The van der Waals surface area contributed by atoms with E-state index in [4.69, 9.17) is 28.5 Å². The molecular weight excluding hydrogens is 875 g/mol. The molecule has 1 saturated heterocycles. The van der Waals surface area contributed by atoms with Gasteiger partial charge in [0.05, 0.1) is 55.7 Å². The SMILES string of the molecule is COC1CC(C)=CC(C)C(=O)CC([C@H](C)C[C@@H]2CC[C@@H](OCCO)[C@H](OC)C2)OC(=O)C2CCCC(O)C2(O)C(=O)C(=O)N2OC(CCC2C)CC(OC)C(C)=CC=CC=CC(C)CC(C)C1=O. The van der Waals surface area contributed by atoms with Crippen LogP contribution in [0.4, 0.5) is 0 Å². The van der Waals surface area contributed by atoms with E-state index in [1.807, 2.05) is 58.1 Å². The Morgan fingerprint density at radius 3 is 2.24 bits per heavy atom. The van der Waals surface area contributed by atoms with Gasteiger partial charge in [-0.15, -0.1) is 0 Å². The number of hydrogen-bond donors (Lipinski definition) is 3. The number of aliphatic hydroxyl groups excluding tert-OH is 2. The zero-order valence-electron chi connectivity index (χ0n) is 42.4. The van der Waals surface area contributed by atoms with E-state index in [1.54, 1.807) is 34.1 Å². The van der Waals surface area contributed by atoms with Crippen molar-refractivity contribution in [2.24, 2.45) is 35.5 Å². The molecule has 3 N–H and O–H groups in total. The largest absolute Gasteiger partial charge is 0.461 e. The molecule has 384 valence electrons. The maximum Gasteiger partial charge on any atom is 0.317 e. The minimum atomic E-state index is -2.83. The highest BCUT2D eigenvalue weighted by molar-refractivity contribution is 6.39. The summed E-state index contributed by atoms with van der Waals surface area (Å²) in [6, 6.07) is -0.553. The van der Waals surface area contributed by atoms with Crippen LogP contribution in [-0.4, -0.2) is 139 Å². The molecule has 2 saturated carbocycles. The third-order valence-electron chi connectivity index (χ3n) is 14.9. The molecule has 0 radical (unpaired) electrons. The standard InChI is InChI=1S/C53H83NO14/c1-32-15-12-11-13-16-34(3)44(63-8)30-40-21-19-38(7)54(68-40)51(60)50(59)53(62)41(17-14-18-48(53)57)52(61)67-45(36(5)28-39-20-22-43(66-24-23-55)46(29-39)64-9)31-42(56)35(4)26-33(2)27-47(65-10)49(58)37(6)25-32/h11-13,15-16,26,32,35-41,43-48,55,57,62H,14,17-25,27-31H2,1-10H3/t32?,35?,36-,37?,38?,39+,40?,41?,43-,44?,45?,46-,47?,48?,53?/m1/s1. The maximum atomic E-state index is 14.5. The summed E-state index contributed by atoms with van der Waals surface area (Å²) in [5, 5.41) is 34.0. The van der Waals surface area contributed by atoms with Crippen LogP contribution in [0, 0.1) is 35.5 Å².